The average Bonchev–Trinajstić information content (AvgIpc) is 2.93. The largest absolute Gasteiger partial charge is 0.324 e. The molecule has 0 radical (unpaired) electrons. The first-order valence-electron chi connectivity index (χ1n) is 4.80. The zero-order chi connectivity index (χ0) is 10.3. The van der Waals surface area contributed by atoms with Crippen LogP contribution in [-0.2, 0) is 0 Å². The Morgan fingerprint density at radius 1 is 1.29 bits per heavy atom. The number of hydrogen-bond acceptors (Lipinski definition) is 1. The Balaban J connectivity index is 2.36. The molecule has 2 N–H and O–H groups in total. The van der Waals surface area contributed by atoms with Gasteiger partial charge in [-0.3, -0.25) is 0 Å². The van der Waals surface area contributed by atoms with E-state index in [9.17, 15) is 0 Å². The molecule has 0 heterocycles. The van der Waals surface area contributed by atoms with Crippen molar-refractivity contribution < 1.29 is 0 Å². The smallest absolute Gasteiger partial charge is 0.0595 e. The van der Waals surface area contributed by atoms with E-state index >= 15 is 0 Å². The highest BCUT2D eigenvalue weighted by Gasteiger charge is 2.30. The summed E-state index contributed by atoms with van der Waals surface area (Å²) in [6.45, 7) is 2.03. The van der Waals surface area contributed by atoms with Gasteiger partial charge < -0.3 is 5.73 Å². The highest BCUT2D eigenvalue weighted by molar-refractivity contribution is 6.42. The van der Waals surface area contributed by atoms with Crippen LogP contribution in [0.3, 0.4) is 0 Å². The van der Waals surface area contributed by atoms with Gasteiger partial charge in [-0.15, -0.1) is 0 Å². The Morgan fingerprint density at radius 2 is 1.86 bits per heavy atom. The Kier molecular flexibility index (Phi) is 2.74. The van der Waals surface area contributed by atoms with Crippen molar-refractivity contribution in [3.05, 3.63) is 33.3 Å². The molecule has 0 aliphatic heterocycles. The molecule has 1 nitrogen and oxygen atoms in total. The van der Waals surface area contributed by atoms with Crippen LogP contribution in [0.15, 0.2) is 12.1 Å². The summed E-state index contributed by atoms with van der Waals surface area (Å²) in [5, 5.41) is 1.21. The quantitative estimate of drug-likeness (QED) is 0.823. The monoisotopic (exact) mass is 229 g/mol. The van der Waals surface area contributed by atoms with Gasteiger partial charge in [0.05, 0.1) is 10.0 Å². The van der Waals surface area contributed by atoms with Crippen LogP contribution < -0.4 is 5.73 Å². The van der Waals surface area contributed by atoms with Crippen molar-refractivity contribution in [2.24, 2.45) is 11.7 Å². The van der Waals surface area contributed by atoms with Crippen LogP contribution in [-0.4, -0.2) is 0 Å². The molecule has 1 atom stereocenters. The lowest BCUT2D eigenvalue weighted by molar-refractivity contribution is 0.630. The maximum Gasteiger partial charge on any atom is 0.0595 e. The van der Waals surface area contributed by atoms with Crippen molar-refractivity contribution in [1.29, 1.82) is 0 Å². The molecule has 0 unspecified atom stereocenters. The molecule has 1 aromatic carbocycles. The minimum Gasteiger partial charge on any atom is -0.324 e. The van der Waals surface area contributed by atoms with E-state index in [1.54, 1.807) is 0 Å². The predicted molar refractivity (Wildman–Crippen MR) is 60.9 cm³/mol. The van der Waals surface area contributed by atoms with Crippen molar-refractivity contribution in [3.63, 3.8) is 0 Å². The Labute approximate surface area is 94.2 Å². The summed E-state index contributed by atoms with van der Waals surface area (Å²) >= 11 is 11.9. The fraction of sp³-hybridized carbons (Fsp3) is 0.455. The number of nitrogens with two attached hydrogens (primary N) is 1. The zero-order valence-electron chi connectivity index (χ0n) is 8.06. The molecule has 1 aliphatic carbocycles. The van der Waals surface area contributed by atoms with Crippen LogP contribution in [0, 0.1) is 12.8 Å². The van der Waals surface area contributed by atoms with E-state index in [1.807, 2.05) is 19.1 Å². The summed E-state index contributed by atoms with van der Waals surface area (Å²) < 4.78 is 0. The van der Waals surface area contributed by atoms with Crippen LogP contribution in [0.4, 0.5) is 0 Å². The lowest BCUT2D eigenvalue weighted by atomic mass is 9.98. The van der Waals surface area contributed by atoms with Gasteiger partial charge in [-0.05, 0) is 48.9 Å². The predicted octanol–water partition coefficient (Wildman–Crippen LogP) is 3.71. The molecule has 0 saturated heterocycles. The van der Waals surface area contributed by atoms with Gasteiger partial charge in [0.2, 0.25) is 0 Å². The normalized spacial score (nSPS) is 18.3. The number of benzene rings is 1. The summed E-state index contributed by atoms with van der Waals surface area (Å²) in [6, 6.07) is 3.92. The topological polar surface area (TPSA) is 26.0 Å². The molecule has 14 heavy (non-hydrogen) atoms. The van der Waals surface area contributed by atoms with Crippen molar-refractivity contribution in [3.8, 4) is 0 Å². The van der Waals surface area contributed by atoms with Gasteiger partial charge in [0.1, 0.15) is 0 Å². The van der Waals surface area contributed by atoms with Gasteiger partial charge in [0, 0.05) is 6.04 Å². The molecule has 0 aromatic heterocycles. The molecule has 76 valence electrons. The lowest BCUT2D eigenvalue weighted by Gasteiger charge is -2.14. The fourth-order valence-corrected chi connectivity index (χ4v) is 2.12. The van der Waals surface area contributed by atoms with Crippen molar-refractivity contribution in [2.45, 2.75) is 25.8 Å². The first kappa shape index (κ1) is 10.3. The molecule has 1 aliphatic rings. The van der Waals surface area contributed by atoms with Crippen LogP contribution in [0.1, 0.15) is 30.0 Å². The van der Waals surface area contributed by atoms with Gasteiger partial charge >= 0.3 is 0 Å². The number of rotatable bonds is 2. The summed E-state index contributed by atoms with van der Waals surface area (Å²) in [5.41, 5.74) is 8.40. The van der Waals surface area contributed by atoms with Gasteiger partial charge in [-0.2, -0.15) is 0 Å². The maximum atomic E-state index is 6.12. The molecular formula is C11H13Cl2N. The van der Waals surface area contributed by atoms with E-state index in [0.29, 0.717) is 16.0 Å². The molecule has 2 rings (SSSR count). The summed E-state index contributed by atoms with van der Waals surface area (Å²) in [6.07, 6.45) is 2.47. The minimum absolute atomic E-state index is 0.129. The highest BCUT2D eigenvalue weighted by Crippen LogP contribution is 2.41. The summed E-state index contributed by atoms with van der Waals surface area (Å²) in [7, 11) is 0. The molecule has 1 saturated carbocycles. The Hall–Kier alpha value is -0.240. The average molecular weight is 230 g/mol. The maximum absolute atomic E-state index is 6.12. The van der Waals surface area contributed by atoms with E-state index in [2.05, 4.69) is 0 Å². The molecule has 0 spiro atoms. The van der Waals surface area contributed by atoms with E-state index in [1.165, 1.54) is 12.8 Å². The standard InChI is InChI=1S/C11H13Cl2N/c1-6-4-9(12)10(13)5-8(6)11(14)7-2-3-7/h4-5,7,11H,2-3,14H2,1H3/t11-/m1/s1. The van der Waals surface area contributed by atoms with Crippen molar-refractivity contribution in [2.75, 3.05) is 0 Å². The van der Waals surface area contributed by atoms with Gasteiger partial charge in [0.15, 0.2) is 0 Å². The molecule has 1 fully saturated rings. The van der Waals surface area contributed by atoms with E-state index < -0.39 is 0 Å². The Bertz CT molecular complexity index is 359. The number of hydrogen-bond donors (Lipinski definition) is 1. The number of aryl methyl sites for hydroxylation is 1. The van der Waals surface area contributed by atoms with Crippen LogP contribution in [0.2, 0.25) is 10.0 Å². The van der Waals surface area contributed by atoms with Crippen LogP contribution in [0.5, 0.6) is 0 Å². The molecule has 0 bridgehead atoms. The van der Waals surface area contributed by atoms with E-state index in [-0.39, 0.29) is 6.04 Å². The van der Waals surface area contributed by atoms with Gasteiger partial charge in [0.25, 0.3) is 0 Å². The highest BCUT2D eigenvalue weighted by atomic mass is 35.5. The third kappa shape index (κ3) is 1.90. The lowest BCUT2D eigenvalue weighted by Crippen LogP contribution is -2.13. The second-order valence-corrected chi connectivity index (χ2v) is 4.80. The molecule has 3 heteroatoms. The zero-order valence-corrected chi connectivity index (χ0v) is 9.57. The third-order valence-electron chi connectivity index (χ3n) is 2.80. The Morgan fingerprint density at radius 3 is 2.43 bits per heavy atom. The summed E-state index contributed by atoms with van der Waals surface area (Å²) in [5.74, 6) is 0.644. The van der Waals surface area contributed by atoms with E-state index in [0.717, 1.165) is 11.1 Å². The SMILES string of the molecule is Cc1cc(Cl)c(Cl)cc1[C@H](N)C1CC1. The first-order chi connectivity index (χ1) is 6.59. The van der Waals surface area contributed by atoms with Crippen LogP contribution in [0.25, 0.3) is 0 Å². The van der Waals surface area contributed by atoms with Crippen LogP contribution >= 0.6 is 23.2 Å². The molecule has 1 aromatic rings. The summed E-state index contributed by atoms with van der Waals surface area (Å²) in [4.78, 5) is 0. The van der Waals surface area contributed by atoms with Gasteiger partial charge in [-0.25, -0.2) is 0 Å². The van der Waals surface area contributed by atoms with Crippen molar-refractivity contribution >= 4 is 23.2 Å². The van der Waals surface area contributed by atoms with Crippen molar-refractivity contribution in [1.82, 2.24) is 0 Å². The second-order valence-electron chi connectivity index (χ2n) is 3.99. The fourth-order valence-electron chi connectivity index (χ4n) is 1.73. The first-order valence-corrected chi connectivity index (χ1v) is 5.56. The number of halogens is 2. The van der Waals surface area contributed by atoms with Gasteiger partial charge in [-0.1, -0.05) is 23.2 Å². The second kappa shape index (κ2) is 3.73. The molecular weight excluding hydrogens is 217 g/mol. The third-order valence-corrected chi connectivity index (χ3v) is 3.52. The molecule has 0 amide bonds. The van der Waals surface area contributed by atoms with E-state index in [4.69, 9.17) is 28.9 Å². The minimum atomic E-state index is 0.129.